The van der Waals surface area contributed by atoms with E-state index in [9.17, 15) is 0 Å². The molecule has 0 bridgehead atoms. The summed E-state index contributed by atoms with van der Waals surface area (Å²) in [6.07, 6.45) is 2.06. The van der Waals surface area contributed by atoms with Gasteiger partial charge in [0.1, 0.15) is 0 Å². The predicted molar refractivity (Wildman–Crippen MR) is 66.2 cm³/mol. The monoisotopic (exact) mass is 725 g/mol. The summed E-state index contributed by atoms with van der Waals surface area (Å²) < 4.78 is 0. The second-order valence-corrected chi connectivity index (χ2v) is 3.02. The summed E-state index contributed by atoms with van der Waals surface area (Å²) in [5.74, 6) is 0.608. The van der Waals surface area contributed by atoms with Gasteiger partial charge in [0.15, 0.2) is 0 Å². The Labute approximate surface area is 279 Å². The zero-order chi connectivity index (χ0) is 10.3. The van der Waals surface area contributed by atoms with E-state index in [4.69, 9.17) is 0 Å². The molecule has 1 rings (SSSR count). The first-order chi connectivity index (χ1) is 6.24. The van der Waals surface area contributed by atoms with Gasteiger partial charge >= 0.3 is 0 Å². The molecule has 20 heavy (non-hydrogen) atoms. The second kappa shape index (κ2) is 35.8. The van der Waals surface area contributed by atoms with Gasteiger partial charge < -0.3 is 25.5 Å². The first kappa shape index (κ1) is 50.1. The van der Waals surface area contributed by atoms with Crippen LogP contribution < -0.4 is 0 Å². The summed E-state index contributed by atoms with van der Waals surface area (Å²) in [6.45, 7) is 10.4. The van der Waals surface area contributed by atoms with Crippen molar-refractivity contribution < 1.29 is 196 Å². The summed E-state index contributed by atoms with van der Waals surface area (Å²) >= 11 is 0. The van der Waals surface area contributed by atoms with Crippen LogP contribution in [0.2, 0.25) is 0 Å². The van der Waals surface area contributed by atoms with Gasteiger partial charge in [0.25, 0.3) is 0 Å². The van der Waals surface area contributed by atoms with Crippen molar-refractivity contribution in [3.63, 3.8) is 0 Å². The summed E-state index contributed by atoms with van der Waals surface area (Å²) in [4.78, 5) is 0. The fourth-order valence-corrected chi connectivity index (χ4v) is 0.988. The Bertz CT molecular complexity index is 224. The van der Waals surface area contributed by atoms with Crippen molar-refractivity contribution in [2.45, 2.75) is 40.5 Å². The Morgan fingerprint density at radius 2 is 1.30 bits per heavy atom. The van der Waals surface area contributed by atoms with Crippen LogP contribution in [0.3, 0.4) is 0 Å². The summed E-state index contributed by atoms with van der Waals surface area (Å²) in [6, 6.07) is 9.55. The number of hydrogen-bond donors (Lipinski definition) is 0. The molecule has 1 aromatic rings. The van der Waals surface area contributed by atoms with Crippen LogP contribution in [0.4, 0.5) is 0 Å². The molecule has 0 saturated carbocycles. The van der Waals surface area contributed by atoms with Crippen molar-refractivity contribution in [1.82, 2.24) is 0 Å². The second-order valence-electron chi connectivity index (χ2n) is 3.02. The Hall–Kier alpha value is 5.71. The largest absolute Gasteiger partial charge is 0.371 e. The van der Waals surface area contributed by atoms with Crippen LogP contribution in [-0.4, -0.2) is 0 Å². The first-order valence-electron chi connectivity index (χ1n) is 5.05. The normalized spacial score (nSPS) is 5.90. The molecule has 0 atom stereocenters. The van der Waals surface area contributed by atoms with Gasteiger partial charge in [-0.05, 0) is 5.92 Å². The minimum Gasteiger partial charge on any atom is -0.371 e. The molecule has 0 heterocycles. The molecule has 100 valence electrons. The average Bonchev–Trinajstić information content (AvgIpc) is 2.21. The van der Waals surface area contributed by atoms with Crippen molar-refractivity contribution in [3.05, 3.63) is 49.2 Å². The van der Waals surface area contributed by atoms with Gasteiger partial charge in [-0.2, -0.15) is 12.1 Å². The Kier molecular flexibility index (Phi) is 89.5. The molecule has 0 fully saturated rings. The van der Waals surface area contributed by atoms with Crippen molar-refractivity contribution in [1.29, 1.82) is 0 Å². The van der Waals surface area contributed by atoms with Crippen LogP contribution in [0, 0.1) is 19.9 Å². The molecule has 0 nitrogen and oxygen atoms in total. The van der Waals surface area contributed by atoms with Crippen LogP contribution in [0.1, 0.15) is 51.7 Å². The van der Waals surface area contributed by atoms with Gasteiger partial charge in [-0.3, -0.25) is 6.07 Å². The molecule has 0 aromatic heterocycles. The smallest absolute Gasteiger partial charge is 0 e. The number of benzene rings is 1. The van der Waals surface area contributed by atoms with Crippen molar-refractivity contribution >= 4 is 0 Å². The van der Waals surface area contributed by atoms with Crippen molar-refractivity contribution in [3.8, 4) is 0 Å². The van der Waals surface area contributed by atoms with E-state index in [2.05, 4.69) is 44.5 Å². The zero-order valence-corrected chi connectivity index (χ0v) is 30.9. The van der Waals surface area contributed by atoms with E-state index in [0.717, 1.165) is 0 Å². The van der Waals surface area contributed by atoms with Crippen LogP contribution >= 0.6 is 0 Å². The van der Waals surface area contributed by atoms with Crippen LogP contribution in [-0.2, 0) is 196 Å². The molecule has 1 aromatic carbocycles. The quantitative estimate of drug-likeness (QED) is 0.391. The van der Waals surface area contributed by atoms with E-state index < -0.39 is 0 Å². The molecule has 0 amide bonds. The summed E-state index contributed by atoms with van der Waals surface area (Å²) in [5.41, 5.74) is 2.53. The van der Waals surface area contributed by atoms with Crippen LogP contribution in [0.25, 0.3) is 0 Å². The van der Waals surface area contributed by atoms with E-state index in [1.807, 2.05) is 20.8 Å². The molecule has 0 aliphatic carbocycles. The Morgan fingerprint density at radius 3 is 1.50 bits per heavy atom. The number of hydrogen-bond acceptors (Lipinski definition) is 0. The summed E-state index contributed by atoms with van der Waals surface area (Å²) in [7, 11) is 0. The molecule has 0 saturated heterocycles. The molecule has 6 heteroatoms. The minimum absolute atomic E-state index is 0. The molecule has 0 spiro atoms. The van der Waals surface area contributed by atoms with E-state index in [1.165, 1.54) is 11.1 Å². The molecule has 6 radical (unpaired) electrons. The van der Waals surface area contributed by atoms with Crippen LogP contribution in [0.15, 0.2) is 18.2 Å². The van der Waals surface area contributed by atoms with Gasteiger partial charge in [-0.1, -0.05) is 33.3 Å². The third kappa shape index (κ3) is 25.9. The molecule has 0 aliphatic rings. The van der Waals surface area contributed by atoms with E-state index in [0.29, 0.717) is 5.92 Å². The Balaban J connectivity index is -0.0000000256. The van der Waals surface area contributed by atoms with Gasteiger partial charge in [0.05, 0.1) is 0 Å². The molecule has 0 unspecified atom stereocenters. The third-order valence-electron chi connectivity index (χ3n) is 1.84. The fourth-order valence-electron chi connectivity index (χ4n) is 0.988. The van der Waals surface area contributed by atoms with Gasteiger partial charge in [0.2, 0.25) is 0 Å². The fraction of sp³-hybridized carbons (Fsp3) is 0.429. The van der Waals surface area contributed by atoms with Crippen molar-refractivity contribution in [2.75, 3.05) is 0 Å². The molecule has 0 N–H and O–H groups in total. The van der Waals surface area contributed by atoms with Gasteiger partial charge in [-0.15, -0.1) is 6.92 Å². The molecular formula is C14H23Y6-3. The van der Waals surface area contributed by atoms with E-state index in [-0.39, 0.29) is 204 Å². The molecule has 0 aliphatic heterocycles. The molecular weight excluding hydrogens is 702 g/mol. The van der Waals surface area contributed by atoms with Crippen molar-refractivity contribution in [2.24, 2.45) is 0 Å². The van der Waals surface area contributed by atoms with Gasteiger partial charge in [0, 0.05) is 196 Å². The third-order valence-corrected chi connectivity index (χ3v) is 1.84. The first-order valence-corrected chi connectivity index (χ1v) is 5.05. The standard InChI is InChI=1S/C11H14.C2H6.CH3.6Y/c1-4-10-5-7-11(8-6-10)9(2)3;1-2;;;;;;;/h4-5,7-9H,1-3H3;1-2H3;1H3;;;;;;/q-2;;-1;;;;;;. The van der Waals surface area contributed by atoms with Crippen LogP contribution in [0.5, 0.6) is 0 Å². The average molecular weight is 725 g/mol. The minimum atomic E-state index is 0. The maximum atomic E-state index is 3.21. The topological polar surface area (TPSA) is 0 Å². The maximum absolute atomic E-state index is 3.21. The van der Waals surface area contributed by atoms with E-state index >= 15 is 0 Å². The van der Waals surface area contributed by atoms with E-state index in [1.54, 1.807) is 0 Å². The SMILES string of the molecule is CC.C[CH-]c1[c-]cc(C(C)C)cc1.[CH3-].[Y].[Y].[Y].[Y].[Y].[Y]. The number of rotatable bonds is 2. The summed E-state index contributed by atoms with van der Waals surface area (Å²) in [5, 5.41) is 0. The maximum Gasteiger partial charge on any atom is 0 e. The van der Waals surface area contributed by atoms with Gasteiger partial charge in [-0.25, -0.2) is 0 Å². The zero-order valence-electron chi connectivity index (χ0n) is 13.9. The predicted octanol–water partition coefficient (Wildman–Crippen LogP) is 4.64. The Morgan fingerprint density at radius 1 is 0.900 bits per heavy atom.